The zero-order valence-electron chi connectivity index (χ0n) is 9.74. The molecule has 2 fully saturated rings. The molecule has 1 unspecified atom stereocenters. The van der Waals surface area contributed by atoms with Crippen molar-refractivity contribution < 1.29 is 4.79 Å². The second-order valence-electron chi connectivity index (χ2n) is 4.70. The standard InChI is InChI=1S/C12H21N3O/c1-2-6-13-8-12(16)14-10-5-7-15(9-10)11-3-4-11/h2,10-11,13H,1,3-9H2,(H,14,16). The van der Waals surface area contributed by atoms with Gasteiger partial charge < -0.3 is 10.6 Å². The SMILES string of the molecule is C=CCNCC(=O)NC1CCN(C2CC2)C1. The molecule has 1 heterocycles. The van der Waals surface area contributed by atoms with Gasteiger partial charge in [0.05, 0.1) is 6.54 Å². The summed E-state index contributed by atoms with van der Waals surface area (Å²) in [7, 11) is 0. The average molecular weight is 223 g/mol. The van der Waals surface area contributed by atoms with E-state index in [9.17, 15) is 4.79 Å². The Morgan fingerprint density at radius 2 is 2.25 bits per heavy atom. The molecular weight excluding hydrogens is 202 g/mol. The molecule has 90 valence electrons. The van der Waals surface area contributed by atoms with Gasteiger partial charge in [0.2, 0.25) is 5.91 Å². The number of carbonyl (C=O) groups excluding carboxylic acids is 1. The first-order valence-electron chi connectivity index (χ1n) is 6.14. The fourth-order valence-electron chi connectivity index (χ4n) is 2.24. The first-order valence-corrected chi connectivity index (χ1v) is 6.14. The summed E-state index contributed by atoms with van der Waals surface area (Å²) in [6, 6.07) is 1.18. The third kappa shape index (κ3) is 3.32. The van der Waals surface area contributed by atoms with Gasteiger partial charge in [0.25, 0.3) is 0 Å². The molecule has 1 saturated carbocycles. The van der Waals surface area contributed by atoms with Gasteiger partial charge in [0.1, 0.15) is 0 Å². The summed E-state index contributed by atoms with van der Waals surface area (Å²) >= 11 is 0. The molecule has 2 rings (SSSR count). The van der Waals surface area contributed by atoms with Crippen LogP contribution in [0.4, 0.5) is 0 Å². The van der Waals surface area contributed by atoms with Gasteiger partial charge in [-0.25, -0.2) is 0 Å². The Labute approximate surface area is 97.1 Å². The van der Waals surface area contributed by atoms with Crippen LogP contribution < -0.4 is 10.6 Å². The van der Waals surface area contributed by atoms with E-state index in [-0.39, 0.29) is 5.91 Å². The van der Waals surface area contributed by atoms with Crippen molar-refractivity contribution in [3.63, 3.8) is 0 Å². The monoisotopic (exact) mass is 223 g/mol. The number of carbonyl (C=O) groups is 1. The van der Waals surface area contributed by atoms with Gasteiger partial charge in [-0.3, -0.25) is 9.69 Å². The molecule has 0 aromatic carbocycles. The van der Waals surface area contributed by atoms with Crippen LogP contribution in [0.25, 0.3) is 0 Å². The van der Waals surface area contributed by atoms with Gasteiger partial charge in [0.15, 0.2) is 0 Å². The van der Waals surface area contributed by atoms with Gasteiger partial charge >= 0.3 is 0 Å². The summed E-state index contributed by atoms with van der Waals surface area (Å²) in [6.45, 7) is 6.87. The van der Waals surface area contributed by atoms with Crippen LogP contribution in [-0.2, 0) is 4.79 Å². The van der Waals surface area contributed by atoms with Crippen molar-refractivity contribution in [3.8, 4) is 0 Å². The Hall–Kier alpha value is -0.870. The Morgan fingerprint density at radius 1 is 1.44 bits per heavy atom. The van der Waals surface area contributed by atoms with Crippen LogP contribution in [0.15, 0.2) is 12.7 Å². The van der Waals surface area contributed by atoms with Crippen LogP contribution >= 0.6 is 0 Å². The van der Waals surface area contributed by atoms with E-state index in [0.717, 1.165) is 25.6 Å². The molecule has 1 saturated heterocycles. The van der Waals surface area contributed by atoms with Crippen LogP contribution in [-0.4, -0.2) is 49.1 Å². The fourth-order valence-corrected chi connectivity index (χ4v) is 2.24. The molecule has 1 amide bonds. The van der Waals surface area contributed by atoms with Crippen LogP contribution in [0.5, 0.6) is 0 Å². The largest absolute Gasteiger partial charge is 0.351 e. The number of nitrogens with one attached hydrogen (secondary N) is 2. The second kappa shape index (κ2) is 5.46. The van der Waals surface area contributed by atoms with Gasteiger partial charge in [-0.2, -0.15) is 0 Å². The molecule has 4 heteroatoms. The lowest BCUT2D eigenvalue weighted by molar-refractivity contribution is -0.120. The molecule has 2 aliphatic rings. The van der Waals surface area contributed by atoms with Gasteiger partial charge in [-0.05, 0) is 19.3 Å². The summed E-state index contributed by atoms with van der Waals surface area (Å²) in [6.07, 6.45) is 5.56. The van der Waals surface area contributed by atoms with E-state index in [4.69, 9.17) is 0 Å². The van der Waals surface area contributed by atoms with Crippen LogP contribution in [0.3, 0.4) is 0 Å². The molecule has 0 aromatic rings. The zero-order chi connectivity index (χ0) is 11.4. The summed E-state index contributed by atoms with van der Waals surface area (Å²) in [5.41, 5.74) is 0. The highest BCUT2D eigenvalue weighted by Crippen LogP contribution is 2.29. The third-order valence-electron chi connectivity index (χ3n) is 3.22. The van der Waals surface area contributed by atoms with Gasteiger partial charge in [-0.15, -0.1) is 6.58 Å². The van der Waals surface area contributed by atoms with Crippen molar-refractivity contribution in [1.82, 2.24) is 15.5 Å². The molecule has 2 N–H and O–H groups in total. The Morgan fingerprint density at radius 3 is 2.94 bits per heavy atom. The Kier molecular flexibility index (Phi) is 3.96. The van der Waals surface area contributed by atoms with Crippen molar-refractivity contribution in [2.45, 2.75) is 31.3 Å². The first-order chi connectivity index (χ1) is 7.79. The van der Waals surface area contributed by atoms with E-state index < -0.39 is 0 Å². The van der Waals surface area contributed by atoms with Crippen LogP contribution in [0, 0.1) is 0 Å². The molecule has 0 aromatic heterocycles. The molecule has 1 atom stereocenters. The Balaban J connectivity index is 1.61. The van der Waals surface area contributed by atoms with Crippen molar-refractivity contribution in [3.05, 3.63) is 12.7 Å². The number of hydrogen-bond acceptors (Lipinski definition) is 3. The molecule has 4 nitrogen and oxygen atoms in total. The molecule has 0 spiro atoms. The van der Waals surface area contributed by atoms with Crippen LogP contribution in [0.1, 0.15) is 19.3 Å². The number of rotatable bonds is 6. The predicted molar refractivity (Wildman–Crippen MR) is 64.2 cm³/mol. The highest BCUT2D eigenvalue weighted by atomic mass is 16.2. The minimum atomic E-state index is 0.101. The third-order valence-corrected chi connectivity index (χ3v) is 3.22. The normalized spacial score (nSPS) is 25.6. The molecule has 16 heavy (non-hydrogen) atoms. The maximum Gasteiger partial charge on any atom is 0.234 e. The minimum absolute atomic E-state index is 0.101. The lowest BCUT2D eigenvalue weighted by Crippen LogP contribution is -2.42. The molecule has 1 aliphatic heterocycles. The number of nitrogens with zero attached hydrogens (tertiary/aromatic N) is 1. The maximum atomic E-state index is 11.5. The minimum Gasteiger partial charge on any atom is -0.351 e. The summed E-state index contributed by atoms with van der Waals surface area (Å²) in [5.74, 6) is 0.101. The van der Waals surface area contributed by atoms with Crippen molar-refractivity contribution in [2.75, 3.05) is 26.2 Å². The van der Waals surface area contributed by atoms with E-state index in [1.165, 1.54) is 12.8 Å². The summed E-state index contributed by atoms with van der Waals surface area (Å²) in [4.78, 5) is 14.0. The molecule has 1 aliphatic carbocycles. The topological polar surface area (TPSA) is 44.4 Å². The zero-order valence-corrected chi connectivity index (χ0v) is 9.74. The quantitative estimate of drug-likeness (QED) is 0.496. The second-order valence-corrected chi connectivity index (χ2v) is 4.70. The van der Waals surface area contributed by atoms with Crippen molar-refractivity contribution >= 4 is 5.91 Å². The van der Waals surface area contributed by atoms with E-state index in [1.54, 1.807) is 6.08 Å². The molecule has 0 bridgehead atoms. The van der Waals surface area contributed by atoms with E-state index in [1.807, 2.05) is 0 Å². The number of amides is 1. The van der Waals surface area contributed by atoms with Gasteiger partial charge in [-0.1, -0.05) is 6.08 Å². The highest BCUT2D eigenvalue weighted by molar-refractivity contribution is 5.78. The summed E-state index contributed by atoms with van der Waals surface area (Å²) < 4.78 is 0. The van der Waals surface area contributed by atoms with Crippen molar-refractivity contribution in [2.24, 2.45) is 0 Å². The molecule has 0 radical (unpaired) electrons. The summed E-state index contributed by atoms with van der Waals surface area (Å²) in [5, 5.41) is 6.08. The number of hydrogen-bond donors (Lipinski definition) is 2. The average Bonchev–Trinajstić information content (AvgIpc) is 3.01. The Bertz CT molecular complexity index is 263. The fraction of sp³-hybridized carbons (Fsp3) is 0.750. The van der Waals surface area contributed by atoms with E-state index >= 15 is 0 Å². The maximum absolute atomic E-state index is 11.5. The number of likely N-dealkylation sites (tertiary alicyclic amines) is 1. The predicted octanol–water partition coefficient (Wildman–Crippen LogP) is 0.115. The van der Waals surface area contributed by atoms with Crippen LogP contribution in [0.2, 0.25) is 0 Å². The van der Waals surface area contributed by atoms with E-state index in [0.29, 0.717) is 19.1 Å². The smallest absolute Gasteiger partial charge is 0.234 e. The lowest BCUT2D eigenvalue weighted by atomic mass is 10.2. The lowest BCUT2D eigenvalue weighted by Gasteiger charge is -2.15. The molecular formula is C12H21N3O. The van der Waals surface area contributed by atoms with E-state index in [2.05, 4.69) is 22.1 Å². The van der Waals surface area contributed by atoms with Crippen molar-refractivity contribution in [1.29, 1.82) is 0 Å². The first kappa shape index (κ1) is 11.6. The van der Waals surface area contributed by atoms with Gasteiger partial charge in [0, 0.05) is 31.7 Å². The highest BCUT2D eigenvalue weighted by Gasteiger charge is 2.34.